The molecule has 1 saturated heterocycles. The third kappa shape index (κ3) is 5.29. The van der Waals surface area contributed by atoms with Crippen LogP contribution in [0, 0.1) is 0 Å². The van der Waals surface area contributed by atoms with Crippen LogP contribution < -0.4 is 30.7 Å². The molecule has 178 valence electrons. The number of nitrogens with one attached hydrogen (secondary N) is 2. The topological polar surface area (TPSA) is 85.0 Å². The number of aromatic nitrogens is 1. The zero-order valence-electron chi connectivity index (χ0n) is 20.3. The van der Waals surface area contributed by atoms with E-state index >= 15 is 0 Å². The van der Waals surface area contributed by atoms with Gasteiger partial charge in [0, 0.05) is 43.4 Å². The third-order valence-electron chi connectivity index (χ3n) is 5.55. The van der Waals surface area contributed by atoms with Crippen LogP contribution in [-0.2, 0) is 9.53 Å². The number of esters is 1. The largest absolute Gasteiger partial charge is 0.486 e. The molecule has 2 aliphatic rings. The summed E-state index contributed by atoms with van der Waals surface area (Å²) in [5, 5.41) is 7.96. The molecule has 8 nitrogen and oxygen atoms in total. The second kappa shape index (κ2) is 11.2. The van der Waals surface area contributed by atoms with Crippen molar-refractivity contribution in [2.24, 2.45) is 0 Å². The molecule has 1 aromatic heterocycles. The Bertz CT molecular complexity index is 1090. The van der Waals surface area contributed by atoms with Crippen LogP contribution in [0.25, 0.3) is 23.2 Å². The Hall–Kier alpha value is -3.10. The molecule has 3 heterocycles. The summed E-state index contributed by atoms with van der Waals surface area (Å²) in [5.74, 6) is 1.42. The normalized spacial score (nSPS) is 18.2. The standard InChI is InChI=1S/C23H27N3O4.C2H7N/c1-14-15(2)26-11-10-18-20(23(26)24-14)25-19(17-8-6-5-7-9-17)22(30-16(3)27)21(18)29-13-12-28-4;1-3-2/h5-10,14-15,24H,11-13H2,1-4H3;3H,1-2H3. The van der Waals surface area contributed by atoms with Gasteiger partial charge in [0.15, 0.2) is 11.5 Å². The maximum atomic E-state index is 11.9. The number of methoxy groups -OCH3 is 1. The van der Waals surface area contributed by atoms with Gasteiger partial charge in [-0.2, -0.15) is 0 Å². The lowest BCUT2D eigenvalue weighted by Crippen LogP contribution is -2.44. The van der Waals surface area contributed by atoms with E-state index in [0.29, 0.717) is 42.5 Å². The fourth-order valence-electron chi connectivity index (χ4n) is 3.87. The zero-order valence-corrected chi connectivity index (χ0v) is 20.3. The Morgan fingerprint density at radius 1 is 1.18 bits per heavy atom. The molecule has 2 unspecified atom stereocenters. The van der Waals surface area contributed by atoms with Gasteiger partial charge in [0.1, 0.15) is 23.5 Å². The molecule has 0 spiro atoms. The first-order valence-corrected chi connectivity index (χ1v) is 11.2. The highest BCUT2D eigenvalue weighted by Gasteiger charge is 2.34. The molecule has 0 aliphatic carbocycles. The van der Waals surface area contributed by atoms with Gasteiger partial charge in [0.25, 0.3) is 0 Å². The van der Waals surface area contributed by atoms with Crippen LogP contribution >= 0.6 is 0 Å². The molecule has 0 amide bonds. The quantitative estimate of drug-likeness (QED) is 0.496. The highest BCUT2D eigenvalue weighted by molar-refractivity contribution is 5.78. The van der Waals surface area contributed by atoms with E-state index in [4.69, 9.17) is 19.2 Å². The van der Waals surface area contributed by atoms with E-state index in [0.717, 1.165) is 28.5 Å². The van der Waals surface area contributed by atoms with Crippen molar-refractivity contribution >= 4 is 17.9 Å². The number of fused-ring (bicyclic) bond motifs is 2. The van der Waals surface area contributed by atoms with E-state index in [1.54, 1.807) is 7.11 Å². The van der Waals surface area contributed by atoms with Crippen LogP contribution in [0.4, 0.5) is 0 Å². The number of nitrogens with zero attached hydrogens (tertiary/aromatic N) is 2. The van der Waals surface area contributed by atoms with Gasteiger partial charge in [-0.3, -0.25) is 4.79 Å². The third-order valence-corrected chi connectivity index (χ3v) is 5.55. The average molecular weight is 455 g/mol. The van der Waals surface area contributed by atoms with Crippen molar-refractivity contribution in [3.05, 3.63) is 40.9 Å². The maximum Gasteiger partial charge on any atom is 0.308 e. The van der Waals surface area contributed by atoms with Crippen molar-refractivity contribution in [1.82, 2.24) is 20.5 Å². The van der Waals surface area contributed by atoms with Crippen LogP contribution in [0.3, 0.4) is 0 Å². The monoisotopic (exact) mass is 454 g/mol. The number of ether oxygens (including phenoxy) is 3. The Morgan fingerprint density at radius 3 is 2.52 bits per heavy atom. The lowest BCUT2D eigenvalue weighted by Gasteiger charge is -2.26. The molecule has 2 atom stereocenters. The lowest BCUT2D eigenvalue weighted by molar-refractivity contribution is -0.132. The Kier molecular flexibility index (Phi) is 8.30. The first-order chi connectivity index (χ1) is 15.9. The number of hydrogen-bond donors (Lipinski definition) is 2. The van der Waals surface area contributed by atoms with E-state index in [2.05, 4.69) is 35.5 Å². The predicted molar refractivity (Wildman–Crippen MR) is 129 cm³/mol. The minimum absolute atomic E-state index is 0.298. The summed E-state index contributed by atoms with van der Waals surface area (Å²) < 4.78 is 16.9. The van der Waals surface area contributed by atoms with E-state index in [9.17, 15) is 4.79 Å². The van der Waals surface area contributed by atoms with Crippen molar-refractivity contribution in [3.63, 3.8) is 0 Å². The van der Waals surface area contributed by atoms with Gasteiger partial charge >= 0.3 is 5.97 Å². The second-order valence-electron chi connectivity index (χ2n) is 8.06. The summed E-state index contributed by atoms with van der Waals surface area (Å²) in [6, 6.07) is 10.3. The fraction of sp³-hybridized carbons (Fsp3) is 0.440. The number of pyridine rings is 1. The number of carbonyl (C=O) groups is 1. The summed E-state index contributed by atoms with van der Waals surface area (Å²) >= 11 is 0. The summed E-state index contributed by atoms with van der Waals surface area (Å²) in [5.41, 5.74) is 1.43. The fourth-order valence-corrected chi connectivity index (χ4v) is 3.87. The first kappa shape index (κ1) is 24.5. The van der Waals surface area contributed by atoms with E-state index in [-0.39, 0.29) is 0 Å². The molecule has 1 aromatic carbocycles. The molecule has 2 N–H and O–H groups in total. The second-order valence-corrected chi connectivity index (χ2v) is 8.06. The van der Waals surface area contributed by atoms with Crippen molar-refractivity contribution in [1.29, 1.82) is 0 Å². The molecule has 0 bridgehead atoms. The number of rotatable bonds is 6. The van der Waals surface area contributed by atoms with Gasteiger partial charge in [0.05, 0.1) is 6.61 Å². The molecular formula is C25H34N4O4. The Morgan fingerprint density at radius 2 is 1.88 bits per heavy atom. The van der Waals surface area contributed by atoms with Crippen LogP contribution in [0.5, 0.6) is 11.5 Å². The Labute approximate surface area is 195 Å². The van der Waals surface area contributed by atoms with Gasteiger partial charge in [-0.25, -0.2) is 4.98 Å². The summed E-state index contributed by atoms with van der Waals surface area (Å²) in [6.45, 7) is 7.24. The highest BCUT2D eigenvalue weighted by Crippen LogP contribution is 2.34. The van der Waals surface area contributed by atoms with Crippen LogP contribution in [0.1, 0.15) is 20.8 Å². The van der Waals surface area contributed by atoms with Gasteiger partial charge in [-0.15, -0.1) is 0 Å². The Balaban J connectivity index is 0.000000968. The highest BCUT2D eigenvalue weighted by atomic mass is 16.6. The molecule has 4 rings (SSSR count). The van der Waals surface area contributed by atoms with Crippen LogP contribution in [0.2, 0.25) is 0 Å². The molecule has 2 aromatic rings. The molecule has 2 aliphatic heterocycles. The van der Waals surface area contributed by atoms with Gasteiger partial charge in [0.2, 0.25) is 0 Å². The van der Waals surface area contributed by atoms with Crippen LogP contribution in [0.15, 0.2) is 30.3 Å². The van der Waals surface area contributed by atoms with Gasteiger partial charge < -0.3 is 29.7 Å². The minimum Gasteiger partial charge on any atom is -0.486 e. The van der Waals surface area contributed by atoms with E-state index in [1.807, 2.05) is 44.4 Å². The summed E-state index contributed by atoms with van der Waals surface area (Å²) in [6.07, 6.45) is 2.09. The molecule has 0 saturated carbocycles. The van der Waals surface area contributed by atoms with Gasteiger partial charge in [-0.1, -0.05) is 36.4 Å². The van der Waals surface area contributed by atoms with Crippen LogP contribution in [-0.4, -0.2) is 68.9 Å². The minimum atomic E-state index is -0.420. The smallest absolute Gasteiger partial charge is 0.308 e. The number of hydrogen-bond acceptors (Lipinski definition) is 8. The SMILES string of the molecule is CNC.COCCOc1c(OC(C)=O)c(-c2ccccc2)nc2c1=CCN1C=2NC(C)C1C. The molecule has 0 radical (unpaired) electrons. The molecule has 8 heteroatoms. The molecule has 1 fully saturated rings. The van der Waals surface area contributed by atoms with Crippen molar-refractivity contribution in [3.8, 4) is 22.8 Å². The van der Waals surface area contributed by atoms with Crippen molar-refractivity contribution in [2.75, 3.05) is 41.0 Å². The summed E-state index contributed by atoms with van der Waals surface area (Å²) in [7, 11) is 5.37. The van der Waals surface area contributed by atoms with E-state index in [1.165, 1.54) is 6.92 Å². The maximum absolute atomic E-state index is 11.9. The van der Waals surface area contributed by atoms with Crippen molar-refractivity contribution in [2.45, 2.75) is 32.9 Å². The summed E-state index contributed by atoms with van der Waals surface area (Å²) in [4.78, 5) is 19.2. The zero-order chi connectivity index (χ0) is 24.0. The molecular weight excluding hydrogens is 420 g/mol. The van der Waals surface area contributed by atoms with E-state index < -0.39 is 5.97 Å². The number of carbonyl (C=O) groups excluding carboxylic acids is 1. The predicted octanol–water partition coefficient (Wildman–Crippen LogP) is 1.08. The first-order valence-electron chi connectivity index (χ1n) is 11.2. The van der Waals surface area contributed by atoms with Crippen molar-refractivity contribution < 1.29 is 19.0 Å². The van der Waals surface area contributed by atoms with Gasteiger partial charge in [-0.05, 0) is 27.9 Å². The average Bonchev–Trinajstić information content (AvgIpc) is 3.09. The lowest BCUT2D eigenvalue weighted by atomic mass is 10.1. The molecule has 33 heavy (non-hydrogen) atoms. The number of benzene rings is 1.